The SMILES string of the molecule is Cc1cc(C(=O)N2CCC[C@@H]2C(N)=O)cs1. The van der Waals surface area contributed by atoms with E-state index in [2.05, 4.69) is 0 Å². The zero-order chi connectivity index (χ0) is 11.7. The minimum absolute atomic E-state index is 0.0781. The topological polar surface area (TPSA) is 63.4 Å². The van der Waals surface area contributed by atoms with Gasteiger partial charge in [0, 0.05) is 16.8 Å². The van der Waals surface area contributed by atoms with Gasteiger partial charge >= 0.3 is 0 Å². The van der Waals surface area contributed by atoms with E-state index in [4.69, 9.17) is 5.73 Å². The first-order valence-electron chi connectivity index (χ1n) is 5.25. The van der Waals surface area contributed by atoms with Crippen LogP contribution in [0.2, 0.25) is 0 Å². The summed E-state index contributed by atoms with van der Waals surface area (Å²) in [6, 6.07) is 1.43. The van der Waals surface area contributed by atoms with Gasteiger partial charge in [-0.3, -0.25) is 9.59 Å². The van der Waals surface area contributed by atoms with Gasteiger partial charge in [0.25, 0.3) is 5.91 Å². The van der Waals surface area contributed by atoms with Crippen molar-refractivity contribution >= 4 is 23.2 Å². The Kier molecular flexibility index (Phi) is 2.96. The van der Waals surface area contributed by atoms with E-state index >= 15 is 0 Å². The van der Waals surface area contributed by atoms with Crippen LogP contribution >= 0.6 is 11.3 Å². The fraction of sp³-hybridized carbons (Fsp3) is 0.455. The maximum atomic E-state index is 12.1. The van der Waals surface area contributed by atoms with Crippen molar-refractivity contribution in [1.29, 1.82) is 0 Å². The number of nitrogens with two attached hydrogens (primary N) is 1. The van der Waals surface area contributed by atoms with Gasteiger partial charge in [-0.1, -0.05) is 0 Å². The first kappa shape index (κ1) is 11.1. The fourth-order valence-electron chi connectivity index (χ4n) is 2.03. The Morgan fingerprint density at radius 2 is 2.31 bits per heavy atom. The number of likely N-dealkylation sites (tertiary alicyclic amines) is 1. The number of carbonyl (C=O) groups is 2. The largest absolute Gasteiger partial charge is 0.368 e. The van der Waals surface area contributed by atoms with E-state index in [9.17, 15) is 9.59 Å². The molecule has 1 atom stereocenters. The van der Waals surface area contributed by atoms with Crippen LogP contribution in [0.4, 0.5) is 0 Å². The predicted octanol–water partition coefficient (Wildman–Crippen LogP) is 1.15. The summed E-state index contributed by atoms with van der Waals surface area (Å²) < 4.78 is 0. The number of primary amides is 1. The molecule has 0 saturated carbocycles. The van der Waals surface area contributed by atoms with Crippen LogP contribution in [0.3, 0.4) is 0 Å². The van der Waals surface area contributed by atoms with Gasteiger partial charge in [0.05, 0.1) is 5.56 Å². The molecule has 1 aliphatic heterocycles. The smallest absolute Gasteiger partial charge is 0.255 e. The summed E-state index contributed by atoms with van der Waals surface area (Å²) in [4.78, 5) is 26.0. The predicted molar refractivity (Wildman–Crippen MR) is 62.3 cm³/mol. The normalized spacial score (nSPS) is 20.1. The first-order chi connectivity index (χ1) is 7.59. The lowest BCUT2D eigenvalue weighted by Crippen LogP contribution is -2.43. The molecule has 2 N–H and O–H groups in total. The Morgan fingerprint density at radius 1 is 1.56 bits per heavy atom. The zero-order valence-corrected chi connectivity index (χ0v) is 9.92. The lowest BCUT2D eigenvalue weighted by atomic mass is 10.2. The molecule has 1 aliphatic rings. The minimum atomic E-state index is -0.423. The van der Waals surface area contributed by atoms with E-state index in [0.717, 1.165) is 11.3 Å². The average Bonchev–Trinajstić information content (AvgIpc) is 2.84. The molecule has 2 heterocycles. The van der Waals surface area contributed by atoms with Crippen molar-refractivity contribution in [3.8, 4) is 0 Å². The molecule has 1 fully saturated rings. The number of carbonyl (C=O) groups excluding carboxylic acids is 2. The van der Waals surface area contributed by atoms with Gasteiger partial charge in [-0.05, 0) is 25.8 Å². The number of hydrogen-bond donors (Lipinski definition) is 1. The molecule has 4 nitrogen and oxygen atoms in total. The van der Waals surface area contributed by atoms with Gasteiger partial charge in [-0.2, -0.15) is 0 Å². The highest BCUT2D eigenvalue weighted by molar-refractivity contribution is 7.10. The summed E-state index contributed by atoms with van der Waals surface area (Å²) in [5.74, 6) is -0.483. The van der Waals surface area contributed by atoms with Crippen LogP contribution in [0.5, 0.6) is 0 Å². The standard InChI is InChI=1S/C11H14N2O2S/c1-7-5-8(6-16-7)11(15)13-4-2-3-9(13)10(12)14/h5-6,9H,2-4H2,1H3,(H2,12,14)/t9-/m1/s1. The van der Waals surface area contributed by atoms with Crippen LogP contribution in [0.25, 0.3) is 0 Å². The van der Waals surface area contributed by atoms with Crippen molar-refractivity contribution in [2.24, 2.45) is 5.73 Å². The number of aryl methyl sites for hydroxylation is 1. The van der Waals surface area contributed by atoms with E-state index in [1.54, 1.807) is 4.90 Å². The quantitative estimate of drug-likeness (QED) is 0.840. The molecule has 0 unspecified atom stereocenters. The third-order valence-corrected chi connectivity index (χ3v) is 3.68. The van der Waals surface area contributed by atoms with Gasteiger partial charge in [-0.25, -0.2) is 0 Å². The molecule has 1 aromatic rings. The maximum absolute atomic E-state index is 12.1. The summed E-state index contributed by atoms with van der Waals surface area (Å²) in [6.45, 7) is 2.58. The molecule has 0 bridgehead atoms. The van der Waals surface area contributed by atoms with Crippen molar-refractivity contribution < 1.29 is 9.59 Å². The Labute approximate surface area is 98.0 Å². The zero-order valence-electron chi connectivity index (χ0n) is 9.10. The van der Waals surface area contributed by atoms with E-state index in [0.29, 0.717) is 18.5 Å². The van der Waals surface area contributed by atoms with Gasteiger partial charge in [0.15, 0.2) is 0 Å². The number of nitrogens with zero attached hydrogens (tertiary/aromatic N) is 1. The van der Waals surface area contributed by atoms with Crippen molar-refractivity contribution in [3.63, 3.8) is 0 Å². The highest BCUT2D eigenvalue weighted by Crippen LogP contribution is 2.22. The second-order valence-electron chi connectivity index (χ2n) is 4.00. The Morgan fingerprint density at radius 3 is 2.88 bits per heavy atom. The third kappa shape index (κ3) is 1.95. The van der Waals surface area contributed by atoms with Gasteiger partial charge in [0.1, 0.15) is 6.04 Å². The number of rotatable bonds is 2. The average molecular weight is 238 g/mol. The molecule has 2 rings (SSSR count). The molecule has 1 aromatic heterocycles. The second-order valence-corrected chi connectivity index (χ2v) is 5.12. The van der Waals surface area contributed by atoms with Crippen LogP contribution in [-0.2, 0) is 4.79 Å². The number of hydrogen-bond acceptors (Lipinski definition) is 3. The Hall–Kier alpha value is -1.36. The molecule has 0 aliphatic carbocycles. The van der Waals surface area contributed by atoms with Gasteiger partial charge in [0.2, 0.25) is 5.91 Å². The van der Waals surface area contributed by atoms with Crippen LogP contribution < -0.4 is 5.73 Å². The van der Waals surface area contributed by atoms with Crippen LogP contribution in [-0.4, -0.2) is 29.3 Å². The molecular weight excluding hydrogens is 224 g/mol. The number of amides is 2. The van der Waals surface area contributed by atoms with E-state index in [-0.39, 0.29) is 5.91 Å². The summed E-state index contributed by atoms with van der Waals surface area (Å²) in [5.41, 5.74) is 5.94. The highest BCUT2D eigenvalue weighted by atomic mass is 32.1. The molecule has 1 saturated heterocycles. The molecule has 16 heavy (non-hydrogen) atoms. The maximum Gasteiger partial charge on any atom is 0.255 e. The second kappa shape index (κ2) is 4.25. The summed E-state index contributed by atoms with van der Waals surface area (Å²) in [6.07, 6.45) is 1.53. The molecule has 2 amide bonds. The molecule has 86 valence electrons. The van der Waals surface area contributed by atoms with Crippen molar-refractivity contribution in [1.82, 2.24) is 4.90 Å². The van der Waals surface area contributed by atoms with Crippen molar-refractivity contribution in [3.05, 3.63) is 21.9 Å². The Bertz CT molecular complexity index is 427. The molecule has 0 radical (unpaired) electrons. The number of thiophene rings is 1. The minimum Gasteiger partial charge on any atom is -0.368 e. The van der Waals surface area contributed by atoms with Crippen molar-refractivity contribution in [2.75, 3.05) is 6.54 Å². The molecule has 5 heteroatoms. The molecule has 0 spiro atoms. The first-order valence-corrected chi connectivity index (χ1v) is 6.13. The van der Waals surface area contributed by atoms with E-state index in [1.165, 1.54) is 11.3 Å². The third-order valence-electron chi connectivity index (χ3n) is 2.82. The van der Waals surface area contributed by atoms with Gasteiger partial charge < -0.3 is 10.6 Å². The van der Waals surface area contributed by atoms with Crippen LogP contribution in [0, 0.1) is 6.92 Å². The monoisotopic (exact) mass is 238 g/mol. The van der Waals surface area contributed by atoms with E-state index < -0.39 is 11.9 Å². The summed E-state index contributed by atoms with van der Waals surface area (Å²) >= 11 is 1.54. The summed E-state index contributed by atoms with van der Waals surface area (Å²) in [7, 11) is 0. The van der Waals surface area contributed by atoms with Gasteiger partial charge in [-0.15, -0.1) is 11.3 Å². The van der Waals surface area contributed by atoms with Crippen molar-refractivity contribution in [2.45, 2.75) is 25.8 Å². The Balaban J connectivity index is 2.18. The summed E-state index contributed by atoms with van der Waals surface area (Å²) in [5, 5.41) is 1.83. The lowest BCUT2D eigenvalue weighted by Gasteiger charge is -2.21. The van der Waals surface area contributed by atoms with E-state index in [1.807, 2.05) is 18.4 Å². The fourth-order valence-corrected chi connectivity index (χ4v) is 2.70. The highest BCUT2D eigenvalue weighted by Gasteiger charge is 2.33. The molecule has 0 aromatic carbocycles. The molecular formula is C11H14N2O2S. The van der Waals surface area contributed by atoms with Crippen LogP contribution in [0.1, 0.15) is 28.1 Å². The van der Waals surface area contributed by atoms with Crippen LogP contribution in [0.15, 0.2) is 11.4 Å². The lowest BCUT2D eigenvalue weighted by molar-refractivity contribution is -0.121.